The SMILES string of the molecule is CCCCCCCCCCCCSC1=C(SCCC)C(=O)N([C@H]2C(=O)N[C@@H]3Cc4ccc(c(Cl)c4)Oc4cc5cc(c4O)Oc4ccc(cc4Cl)[C@@H](O[C@@H]4O[C@H](CO)[C@@H](O)[C@H](O)[C@H]4NC(C)=O)[C@H]4NC(=O)[C@H](NC(O)[C@@H]5NC(=O)[C@@H](NC3=O)c3cc(O)cc(c3)Oc3cc2ccc3O)c2ccc(O)c(c2)-c2c(O)cc(O)cc2[C@H](C(=O)O)NC4=O)C1=O. The Balaban J connectivity index is 0.958. The number of carboxylic acid groups (broad SMARTS) is 1. The van der Waals surface area contributed by atoms with Gasteiger partial charge in [0.25, 0.3) is 11.8 Å². The Kier molecular flexibility index (Phi) is 28.0. The maximum Gasteiger partial charge on any atom is 0.330 e. The van der Waals surface area contributed by atoms with Crippen molar-refractivity contribution in [3.63, 3.8) is 0 Å². The van der Waals surface area contributed by atoms with Gasteiger partial charge in [-0.1, -0.05) is 119 Å². The van der Waals surface area contributed by atoms with E-state index in [1.165, 1.54) is 73.5 Å². The molecule has 18 N–H and O–H groups in total. The van der Waals surface area contributed by atoms with Crippen molar-refractivity contribution in [1.82, 2.24) is 42.1 Å². The second kappa shape index (κ2) is 38.5. The zero-order valence-corrected chi connectivity index (χ0v) is 69.0. The third kappa shape index (κ3) is 19.4. The maximum atomic E-state index is 16.3. The number of imide groups is 1. The third-order valence-corrected chi connectivity index (χ3v) is 24.7. The van der Waals surface area contributed by atoms with E-state index in [2.05, 4.69) is 44.1 Å². The molecule has 7 aromatic rings. The topological polar surface area (TPSA) is 510 Å². The largest absolute Gasteiger partial charge is 0.508 e. The molecule has 8 heterocycles. The standard InChI is InChI=1S/C85H90Cl2N8O25S2/c1-4-6-7-8-9-10-11-12-13-14-24-122-75-74(121-23-5-2)82(112)95(83(75)113)69-41-17-20-54(101)58(31-41)116-47-28-43(27-45(98)34-47)64-78(108)92-65-44-32-59(117-56-21-15-39(25-50(56)86)26-52(76(106)90-64)89-81(69)111)70(103)60(33-44)118-57-22-18-42(30-51(57)87)73(120-85-67(88-38(3)97)72(105)71(104)61(37-96)119-85)68-80(110)93-66(84(114)115)49-35-46(99)36-55(102)62(49)48-29-40(16-19-53(48)100)63(77(107)94-68)91-79(65)109/h15-22,25,27-36,52,61,63-69,71-73,79,85,91,96,98-105,109H,4-14,23-24,26,37H2,1-3H3,(H,88,97)(H,89,111)(H,90,106)(H,92,108)(H,93,110)(H,94,107)(H,114,115)/t52-,61-,63-,64+,65-,66-,67-,68-,69-,71-,72-,73-,79?,85+/m1/s1. The second-order valence-electron chi connectivity index (χ2n) is 30.2. The first-order valence-corrected chi connectivity index (χ1v) is 42.3. The first kappa shape index (κ1) is 88.7. The summed E-state index contributed by atoms with van der Waals surface area (Å²) in [5.74, 6) is -17.0. The van der Waals surface area contributed by atoms with Crippen LogP contribution >= 0.6 is 46.7 Å². The summed E-state index contributed by atoms with van der Waals surface area (Å²) in [5, 5.41) is 146. The Labute approximate surface area is 716 Å². The van der Waals surface area contributed by atoms with Gasteiger partial charge < -0.3 is 112 Å². The summed E-state index contributed by atoms with van der Waals surface area (Å²) in [6.45, 7) is 4.08. The van der Waals surface area contributed by atoms with Crippen molar-refractivity contribution in [1.29, 1.82) is 0 Å². The zero-order chi connectivity index (χ0) is 87.2. The molecular weight excluding hydrogens is 1670 g/mol. The van der Waals surface area contributed by atoms with Gasteiger partial charge in [0, 0.05) is 42.2 Å². The van der Waals surface area contributed by atoms with Gasteiger partial charge in [0.2, 0.25) is 41.2 Å². The van der Waals surface area contributed by atoms with Crippen LogP contribution in [0.2, 0.25) is 10.0 Å². The fourth-order valence-electron chi connectivity index (χ4n) is 15.4. The van der Waals surface area contributed by atoms with Crippen LogP contribution in [0.1, 0.15) is 167 Å². The van der Waals surface area contributed by atoms with E-state index in [-0.39, 0.29) is 65.5 Å². The number of carbonyl (C=O) groups excluding carboxylic acids is 8. The highest BCUT2D eigenvalue weighted by molar-refractivity contribution is 8.08. The Morgan fingerprint density at radius 2 is 1.16 bits per heavy atom. The van der Waals surface area contributed by atoms with E-state index in [9.17, 15) is 65.8 Å². The molecule has 7 aromatic carbocycles. The molecule has 1 saturated heterocycles. The van der Waals surface area contributed by atoms with E-state index in [0.29, 0.717) is 24.3 Å². The monoisotopic (exact) mass is 1760 g/mol. The van der Waals surface area contributed by atoms with Crippen molar-refractivity contribution < 1.29 is 123 Å². The fourth-order valence-corrected chi connectivity index (χ4v) is 18.1. The van der Waals surface area contributed by atoms with Crippen molar-refractivity contribution in [3.05, 3.63) is 174 Å². The lowest BCUT2D eigenvalue weighted by Gasteiger charge is -2.44. The van der Waals surface area contributed by atoms with Gasteiger partial charge in [0.05, 0.1) is 32.5 Å². The van der Waals surface area contributed by atoms with Gasteiger partial charge in [-0.3, -0.25) is 48.6 Å². The zero-order valence-electron chi connectivity index (χ0n) is 65.8. The van der Waals surface area contributed by atoms with Gasteiger partial charge in [0.1, 0.15) is 107 Å². The lowest BCUT2D eigenvalue weighted by molar-refractivity contribution is -0.284. The number of phenolic OH excluding ortho intramolecular Hbond substituents is 6. The quantitative estimate of drug-likeness (QED) is 0.0235. The number of aromatic hydroxyl groups is 6. The molecule has 646 valence electrons. The number of aliphatic hydroxyl groups excluding tert-OH is 4. The smallest absolute Gasteiger partial charge is 0.330 e. The van der Waals surface area contributed by atoms with E-state index in [1.54, 1.807) is 0 Å². The van der Waals surface area contributed by atoms with E-state index in [0.717, 1.165) is 135 Å². The van der Waals surface area contributed by atoms with Crippen LogP contribution in [0.15, 0.2) is 125 Å². The summed E-state index contributed by atoms with van der Waals surface area (Å²) in [7, 11) is 0. The number of phenols is 6. The molecule has 0 aromatic heterocycles. The molecule has 0 saturated carbocycles. The molecular formula is C85H90Cl2N8O25S2. The average Bonchev–Trinajstić information content (AvgIpc) is 1.46. The number of rotatable bonds is 21. The van der Waals surface area contributed by atoms with Crippen molar-refractivity contribution in [2.45, 2.75) is 183 Å². The summed E-state index contributed by atoms with van der Waals surface area (Å²) < 4.78 is 31.8. The van der Waals surface area contributed by atoms with Gasteiger partial charge in [-0.2, -0.15) is 0 Å². The van der Waals surface area contributed by atoms with Crippen LogP contribution in [-0.4, -0.2) is 181 Å². The van der Waals surface area contributed by atoms with Crippen LogP contribution in [0, 0.1) is 0 Å². The number of hydrogen-bond donors (Lipinski definition) is 18. The first-order chi connectivity index (χ1) is 58.4. The van der Waals surface area contributed by atoms with E-state index in [1.807, 2.05) is 6.92 Å². The van der Waals surface area contributed by atoms with Crippen LogP contribution in [0.5, 0.6) is 69.0 Å². The Hall–Kier alpha value is -11.1. The number of carbonyl (C=O) groups is 9. The number of nitrogens with zero attached hydrogens (tertiary/aromatic N) is 1. The van der Waals surface area contributed by atoms with Gasteiger partial charge in [-0.25, -0.2) is 4.79 Å². The van der Waals surface area contributed by atoms with Crippen LogP contribution < -0.4 is 51.4 Å². The predicted molar refractivity (Wildman–Crippen MR) is 442 cm³/mol. The number of unbranched alkanes of at least 4 members (excludes halogenated alkanes) is 9. The van der Waals surface area contributed by atoms with Gasteiger partial charge in [0.15, 0.2) is 35.3 Å². The maximum absolute atomic E-state index is 16.3. The lowest BCUT2D eigenvalue weighted by atomic mass is 9.89. The van der Waals surface area contributed by atoms with Gasteiger partial charge in [-0.05, 0) is 137 Å². The summed E-state index contributed by atoms with van der Waals surface area (Å²) in [6, 6.07) is 4.52. The molecule has 8 aliphatic heterocycles. The molecule has 17 bridgehead atoms. The number of halogens is 2. The molecule has 1 unspecified atom stereocenters. The Morgan fingerprint density at radius 3 is 1.82 bits per heavy atom. The normalized spacial score (nSPS) is 24.1. The number of benzene rings is 7. The lowest BCUT2D eigenvalue weighted by Crippen LogP contribution is -2.65. The molecule has 122 heavy (non-hydrogen) atoms. The highest BCUT2D eigenvalue weighted by atomic mass is 35.5. The number of fused-ring (bicyclic) bond motifs is 14. The highest BCUT2D eigenvalue weighted by Crippen LogP contribution is 2.50. The van der Waals surface area contributed by atoms with Crippen LogP contribution in [0.4, 0.5) is 0 Å². The van der Waals surface area contributed by atoms with E-state index < -0.39 is 225 Å². The number of ether oxygens (including phenoxy) is 5. The van der Waals surface area contributed by atoms with Crippen molar-refractivity contribution >= 4 is 100.0 Å². The molecule has 33 nitrogen and oxygen atoms in total. The number of carboxylic acids is 1. The summed E-state index contributed by atoms with van der Waals surface area (Å²) in [5.41, 5.74) is -2.80. The van der Waals surface area contributed by atoms with Crippen molar-refractivity contribution in [2.75, 3.05) is 18.1 Å². The molecule has 37 heteroatoms. The van der Waals surface area contributed by atoms with Crippen molar-refractivity contribution in [3.8, 4) is 80.1 Å². The number of amides is 8. The minimum atomic E-state index is -2.51. The average molecular weight is 1760 g/mol. The molecule has 0 spiro atoms. The van der Waals surface area contributed by atoms with Gasteiger partial charge in [-0.15, -0.1) is 23.5 Å². The highest BCUT2D eigenvalue weighted by Gasteiger charge is 2.51. The third-order valence-electron chi connectivity index (χ3n) is 21.5. The first-order valence-electron chi connectivity index (χ1n) is 39.6. The van der Waals surface area contributed by atoms with E-state index in [4.69, 9.17) is 46.9 Å². The molecule has 8 aliphatic rings. The Morgan fingerprint density at radius 1 is 0.549 bits per heavy atom. The van der Waals surface area contributed by atoms with Crippen LogP contribution in [-0.2, 0) is 59.0 Å². The number of thioether (sulfide) groups is 2. The molecule has 1 fully saturated rings. The second-order valence-corrected chi connectivity index (χ2v) is 33.3. The van der Waals surface area contributed by atoms with Gasteiger partial charge >= 0.3 is 5.97 Å². The summed E-state index contributed by atoms with van der Waals surface area (Å²) in [4.78, 5) is 138. The molecule has 14 atom stereocenters. The number of aliphatic carboxylic acids is 1. The van der Waals surface area contributed by atoms with Crippen molar-refractivity contribution in [2.24, 2.45) is 0 Å². The Bertz CT molecular complexity index is 5280. The molecule has 8 amide bonds. The molecule has 0 aliphatic carbocycles. The molecule has 0 radical (unpaired) electrons. The van der Waals surface area contributed by atoms with Crippen LogP contribution in [0.3, 0.4) is 0 Å². The van der Waals surface area contributed by atoms with Crippen LogP contribution in [0.25, 0.3) is 11.1 Å². The molecule has 15 rings (SSSR count). The van der Waals surface area contributed by atoms with E-state index >= 15 is 33.6 Å². The number of aliphatic hydroxyl groups is 4. The number of nitrogens with one attached hydrogen (secondary N) is 7. The minimum absolute atomic E-state index is 0.0881. The summed E-state index contributed by atoms with van der Waals surface area (Å²) in [6.07, 6.45) is -1.77. The summed E-state index contributed by atoms with van der Waals surface area (Å²) >= 11 is 16.7. The fraction of sp³-hybridized carbons (Fsp3) is 0.376. The predicted octanol–water partition coefficient (Wildman–Crippen LogP) is 9.16. The number of hydrogen-bond acceptors (Lipinski definition) is 27. The minimum Gasteiger partial charge on any atom is -0.508 e.